The summed E-state index contributed by atoms with van der Waals surface area (Å²) in [4.78, 5) is 14.6. The molecule has 122 valence electrons. The van der Waals surface area contributed by atoms with Gasteiger partial charge >= 0.3 is 0 Å². The van der Waals surface area contributed by atoms with Crippen LogP contribution in [0.5, 0.6) is 5.75 Å². The van der Waals surface area contributed by atoms with E-state index in [2.05, 4.69) is 0 Å². The number of thiocarbonyl (C=S) groups is 1. The molecule has 2 fully saturated rings. The maximum absolute atomic E-state index is 12.6. The number of amides is 1. The molecule has 0 saturated carbocycles. The van der Waals surface area contributed by atoms with Crippen molar-refractivity contribution in [3.63, 3.8) is 0 Å². The van der Waals surface area contributed by atoms with Gasteiger partial charge in [-0.3, -0.25) is 9.69 Å². The summed E-state index contributed by atoms with van der Waals surface area (Å²) < 4.78 is 29.0. The Morgan fingerprint density at radius 3 is 2.78 bits per heavy atom. The lowest BCUT2D eigenvalue weighted by atomic mass is 10.1. The molecule has 0 aliphatic carbocycles. The molecule has 0 radical (unpaired) electrons. The largest absolute Gasteiger partial charge is 0.496 e. The van der Waals surface area contributed by atoms with E-state index in [9.17, 15) is 13.2 Å². The van der Waals surface area contributed by atoms with Crippen LogP contribution in [-0.2, 0) is 14.6 Å². The zero-order chi connectivity index (χ0) is 16.6. The minimum atomic E-state index is -3.07. The molecule has 2 heterocycles. The Kier molecular flexibility index (Phi) is 4.48. The van der Waals surface area contributed by atoms with Crippen LogP contribution in [-0.4, -0.2) is 48.2 Å². The highest BCUT2D eigenvalue weighted by Gasteiger charge is 2.42. The summed E-state index contributed by atoms with van der Waals surface area (Å²) in [5.41, 5.74) is 0.787. The minimum Gasteiger partial charge on any atom is -0.496 e. The maximum atomic E-state index is 12.6. The van der Waals surface area contributed by atoms with Crippen molar-refractivity contribution in [1.29, 1.82) is 0 Å². The van der Waals surface area contributed by atoms with E-state index in [0.29, 0.717) is 21.4 Å². The van der Waals surface area contributed by atoms with Gasteiger partial charge in [-0.15, -0.1) is 0 Å². The van der Waals surface area contributed by atoms with Crippen LogP contribution in [0.2, 0.25) is 0 Å². The van der Waals surface area contributed by atoms with Crippen LogP contribution in [0.25, 0.3) is 6.08 Å². The van der Waals surface area contributed by atoms with Crippen LogP contribution in [0.3, 0.4) is 0 Å². The standard InChI is InChI=1S/C15H15NO4S3/c1-20-12-5-3-2-4-10(12)8-13-14(17)16(15(21)22-13)11-6-7-23(18,19)9-11/h2-5,8,11H,6-7,9H2,1H3/b13-8+. The highest BCUT2D eigenvalue weighted by Crippen LogP contribution is 2.37. The molecule has 5 nitrogen and oxygen atoms in total. The van der Waals surface area contributed by atoms with Crippen molar-refractivity contribution in [3.8, 4) is 5.75 Å². The molecule has 3 rings (SSSR count). The fraction of sp³-hybridized carbons (Fsp3) is 0.333. The molecule has 1 atom stereocenters. The molecule has 1 aromatic carbocycles. The van der Waals surface area contributed by atoms with Crippen LogP contribution in [0, 0.1) is 0 Å². The first kappa shape index (κ1) is 16.5. The first-order chi connectivity index (χ1) is 10.9. The van der Waals surface area contributed by atoms with Gasteiger partial charge in [-0.2, -0.15) is 0 Å². The molecule has 0 bridgehead atoms. The summed E-state index contributed by atoms with van der Waals surface area (Å²) in [5.74, 6) is 0.538. The number of hydrogen-bond donors (Lipinski definition) is 0. The van der Waals surface area contributed by atoms with Gasteiger partial charge in [-0.05, 0) is 18.6 Å². The molecular weight excluding hydrogens is 354 g/mol. The second kappa shape index (κ2) is 6.26. The summed E-state index contributed by atoms with van der Waals surface area (Å²) >= 11 is 6.49. The third-order valence-electron chi connectivity index (χ3n) is 3.82. The lowest BCUT2D eigenvalue weighted by Gasteiger charge is -2.20. The highest BCUT2D eigenvalue weighted by molar-refractivity contribution is 8.26. The Labute approximate surface area is 144 Å². The fourth-order valence-corrected chi connectivity index (χ4v) is 5.79. The van der Waals surface area contributed by atoms with Crippen molar-refractivity contribution in [1.82, 2.24) is 4.90 Å². The molecular formula is C15H15NO4S3. The lowest BCUT2D eigenvalue weighted by Crippen LogP contribution is -2.39. The minimum absolute atomic E-state index is 0.0125. The van der Waals surface area contributed by atoms with Gasteiger partial charge in [0.2, 0.25) is 0 Å². The first-order valence-electron chi connectivity index (χ1n) is 7.02. The lowest BCUT2D eigenvalue weighted by molar-refractivity contribution is -0.123. The van der Waals surface area contributed by atoms with Crippen molar-refractivity contribution in [2.45, 2.75) is 12.5 Å². The first-order valence-corrected chi connectivity index (χ1v) is 10.1. The normalized spacial score (nSPS) is 25.3. The Bertz CT molecular complexity index is 801. The van der Waals surface area contributed by atoms with Crippen molar-refractivity contribution < 1.29 is 17.9 Å². The van der Waals surface area contributed by atoms with Crippen molar-refractivity contribution in [2.75, 3.05) is 18.6 Å². The van der Waals surface area contributed by atoms with E-state index in [-0.39, 0.29) is 23.5 Å². The van der Waals surface area contributed by atoms with E-state index in [1.165, 1.54) is 16.7 Å². The zero-order valence-corrected chi connectivity index (χ0v) is 14.8. The monoisotopic (exact) mass is 369 g/mol. The molecule has 1 amide bonds. The van der Waals surface area contributed by atoms with Gasteiger partial charge in [-0.25, -0.2) is 8.42 Å². The van der Waals surface area contributed by atoms with Gasteiger partial charge in [0, 0.05) is 5.56 Å². The quantitative estimate of drug-likeness (QED) is 0.600. The number of ether oxygens (including phenoxy) is 1. The predicted molar refractivity (Wildman–Crippen MR) is 95.1 cm³/mol. The summed E-state index contributed by atoms with van der Waals surface area (Å²) in [6.45, 7) is 0. The van der Waals surface area contributed by atoms with Gasteiger partial charge in [0.25, 0.3) is 5.91 Å². The zero-order valence-electron chi connectivity index (χ0n) is 12.4. The number of para-hydroxylation sites is 1. The van der Waals surface area contributed by atoms with Gasteiger partial charge < -0.3 is 4.74 Å². The van der Waals surface area contributed by atoms with Gasteiger partial charge in [0.1, 0.15) is 10.1 Å². The number of hydrogen-bond acceptors (Lipinski definition) is 6. The van der Waals surface area contributed by atoms with Crippen LogP contribution in [0.15, 0.2) is 29.2 Å². The number of carbonyl (C=O) groups is 1. The maximum Gasteiger partial charge on any atom is 0.266 e. The summed E-state index contributed by atoms with van der Waals surface area (Å²) in [7, 11) is -1.50. The Morgan fingerprint density at radius 1 is 1.39 bits per heavy atom. The Balaban J connectivity index is 1.88. The van der Waals surface area contributed by atoms with Crippen LogP contribution >= 0.6 is 24.0 Å². The predicted octanol–water partition coefficient (Wildman–Crippen LogP) is 2.08. The number of carbonyl (C=O) groups excluding carboxylic acids is 1. The van der Waals surface area contributed by atoms with E-state index in [1.807, 2.05) is 24.3 Å². The average molecular weight is 369 g/mol. The van der Waals surface area contributed by atoms with Gasteiger partial charge in [0.15, 0.2) is 9.84 Å². The Morgan fingerprint density at radius 2 is 2.13 bits per heavy atom. The van der Waals surface area contributed by atoms with Gasteiger partial charge in [-0.1, -0.05) is 42.2 Å². The van der Waals surface area contributed by atoms with Crippen molar-refractivity contribution in [3.05, 3.63) is 34.7 Å². The third-order valence-corrected chi connectivity index (χ3v) is 6.90. The molecule has 0 spiro atoms. The molecule has 0 aromatic heterocycles. The number of sulfone groups is 1. The van der Waals surface area contributed by atoms with E-state index >= 15 is 0 Å². The number of thioether (sulfide) groups is 1. The SMILES string of the molecule is COc1ccccc1/C=C1/SC(=S)N(C2CCS(=O)(=O)C2)C1=O. The average Bonchev–Trinajstić information content (AvgIpc) is 2.99. The molecule has 2 aliphatic heterocycles. The molecule has 0 N–H and O–H groups in total. The van der Waals surface area contributed by atoms with Crippen molar-refractivity contribution >= 4 is 50.1 Å². The third kappa shape index (κ3) is 3.29. The molecule has 8 heteroatoms. The summed E-state index contributed by atoms with van der Waals surface area (Å²) in [6.07, 6.45) is 2.18. The topological polar surface area (TPSA) is 63.7 Å². The number of rotatable bonds is 3. The molecule has 2 saturated heterocycles. The number of methoxy groups -OCH3 is 1. The number of benzene rings is 1. The summed E-state index contributed by atoms with van der Waals surface area (Å²) in [6, 6.07) is 7.03. The summed E-state index contributed by atoms with van der Waals surface area (Å²) in [5, 5.41) is 0. The van der Waals surface area contributed by atoms with E-state index < -0.39 is 9.84 Å². The van der Waals surface area contributed by atoms with Crippen molar-refractivity contribution in [2.24, 2.45) is 0 Å². The number of nitrogens with zero attached hydrogens (tertiary/aromatic N) is 1. The smallest absolute Gasteiger partial charge is 0.266 e. The van der Waals surface area contributed by atoms with E-state index in [0.717, 1.165) is 5.56 Å². The molecule has 2 aliphatic rings. The molecule has 1 unspecified atom stereocenters. The molecule has 1 aromatic rings. The second-order valence-electron chi connectivity index (χ2n) is 5.35. The van der Waals surface area contributed by atoms with E-state index in [1.54, 1.807) is 13.2 Å². The van der Waals surface area contributed by atoms with Crippen LogP contribution in [0.1, 0.15) is 12.0 Å². The highest BCUT2D eigenvalue weighted by atomic mass is 32.2. The second-order valence-corrected chi connectivity index (χ2v) is 9.26. The van der Waals surface area contributed by atoms with Crippen LogP contribution < -0.4 is 4.74 Å². The van der Waals surface area contributed by atoms with E-state index in [4.69, 9.17) is 17.0 Å². The van der Waals surface area contributed by atoms with Crippen LogP contribution in [0.4, 0.5) is 0 Å². The van der Waals surface area contributed by atoms with Gasteiger partial charge in [0.05, 0.1) is 29.6 Å². The Hall–Kier alpha value is -1.38. The molecule has 23 heavy (non-hydrogen) atoms. The fourth-order valence-electron chi connectivity index (χ4n) is 2.70.